The first kappa shape index (κ1) is 26.3. The van der Waals surface area contributed by atoms with Gasteiger partial charge in [0.2, 0.25) is 0 Å². The molecular formula is C28H24F2N4O4. The first-order chi connectivity index (χ1) is 18.4. The third kappa shape index (κ3) is 5.48. The van der Waals surface area contributed by atoms with Crippen LogP contribution in [-0.2, 0) is 20.8 Å². The van der Waals surface area contributed by atoms with Crippen LogP contribution in [0.25, 0.3) is 10.9 Å². The van der Waals surface area contributed by atoms with Gasteiger partial charge in [-0.3, -0.25) is 4.79 Å². The Balaban J connectivity index is 1.80. The number of benzene rings is 2. The fraction of sp³-hybridized carbons (Fsp3) is 0.250. The summed E-state index contributed by atoms with van der Waals surface area (Å²) in [5.41, 5.74) is 6.99. The number of fused-ring (bicyclic) bond motifs is 1. The van der Waals surface area contributed by atoms with E-state index in [0.717, 1.165) is 12.1 Å². The zero-order chi connectivity index (χ0) is 27.2. The molecule has 2 heterocycles. The number of allylic oxidation sites excluding steroid dienone is 2. The second kappa shape index (κ2) is 11.5. The van der Waals surface area contributed by atoms with Gasteiger partial charge in [-0.05, 0) is 49.1 Å². The summed E-state index contributed by atoms with van der Waals surface area (Å²) < 4.78 is 29.3. The molecule has 8 nitrogen and oxygen atoms in total. The van der Waals surface area contributed by atoms with E-state index in [1.54, 1.807) is 40.8 Å². The molecule has 3 atom stereocenters. The third-order valence-corrected chi connectivity index (χ3v) is 6.64. The minimum atomic E-state index is -1.07. The van der Waals surface area contributed by atoms with Crippen molar-refractivity contribution in [3.05, 3.63) is 88.9 Å². The number of aromatic nitrogens is 1. The highest BCUT2D eigenvalue weighted by Crippen LogP contribution is 2.31. The molecule has 1 amide bonds. The summed E-state index contributed by atoms with van der Waals surface area (Å²) in [5, 5.41) is 6.62. The topological polar surface area (TPSA) is 123 Å². The van der Waals surface area contributed by atoms with Crippen molar-refractivity contribution >= 4 is 34.6 Å². The fourth-order valence-electron chi connectivity index (χ4n) is 4.89. The molecule has 1 aliphatic rings. The molecule has 1 aromatic heterocycles. The summed E-state index contributed by atoms with van der Waals surface area (Å²) >= 11 is 0. The van der Waals surface area contributed by atoms with Crippen molar-refractivity contribution in [3.63, 3.8) is 0 Å². The number of nitrogens with zero attached hydrogens (tertiary/aromatic N) is 1. The minimum absolute atomic E-state index is 0.0459. The highest BCUT2D eigenvalue weighted by molar-refractivity contribution is 5.98. The van der Waals surface area contributed by atoms with Crippen LogP contribution < -0.4 is 16.4 Å². The predicted molar refractivity (Wildman–Crippen MR) is 136 cm³/mol. The Morgan fingerprint density at radius 2 is 1.95 bits per heavy atom. The Morgan fingerprint density at radius 3 is 2.63 bits per heavy atom. The van der Waals surface area contributed by atoms with Crippen molar-refractivity contribution in [2.75, 3.05) is 6.54 Å². The molecule has 0 aliphatic carbocycles. The summed E-state index contributed by atoms with van der Waals surface area (Å²) in [4.78, 5) is 47.4. The number of para-hydroxylation sites is 1. The molecule has 0 bridgehead atoms. The molecule has 38 heavy (non-hydrogen) atoms. The summed E-state index contributed by atoms with van der Waals surface area (Å²) in [6.45, 7) is 0.569. The molecule has 2 aromatic carbocycles. The van der Waals surface area contributed by atoms with E-state index in [0.29, 0.717) is 35.1 Å². The number of primary amides is 1. The lowest BCUT2D eigenvalue weighted by Gasteiger charge is -2.27. The highest BCUT2D eigenvalue weighted by atomic mass is 19.2. The average molecular weight is 519 g/mol. The zero-order valence-corrected chi connectivity index (χ0v) is 20.2. The van der Waals surface area contributed by atoms with Crippen molar-refractivity contribution in [1.82, 2.24) is 15.2 Å². The van der Waals surface area contributed by atoms with Crippen LogP contribution in [0.3, 0.4) is 0 Å². The van der Waals surface area contributed by atoms with Gasteiger partial charge in [0.1, 0.15) is 29.2 Å². The Kier molecular flexibility index (Phi) is 8.00. The zero-order valence-electron chi connectivity index (χ0n) is 20.2. The van der Waals surface area contributed by atoms with Crippen molar-refractivity contribution < 1.29 is 28.0 Å². The number of nitrogens with one attached hydrogen (secondary N) is 2. The van der Waals surface area contributed by atoms with Crippen LogP contribution in [0.4, 0.5) is 8.78 Å². The van der Waals surface area contributed by atoms with Crippen LogP contribution in [0.15, 0.2) is 66.0 Å². The van der Waals surface area contributed by atoms with E-state index in [1.807, 2.05) is 11.9 Å². The molecule has 1 aliphatic heterocycles. The maximum absolute atomic E-state index is 14.1. The Bertz CT molecular complexity index is 1530. The molecule has 194 valence electrons. The maximum atomic E-state index is 14.1. The molecule has 0 spiro atoms. The van der Waals surface area contributed by atoms with Crippen LogP contribution in [0.2, 0.25) is 0 Å². The smallest absolute Gasteiger partial charge is 0.265 e. The second-order valence-corrected chi connectivity index (χ2v) is 9.01. The normalized spacial score (nSPS) is 16.1. The van der Waals surface area contributed by atoms with Crippen LogP contribution >= 0.6 is 0 Å². The van der Waals surface area contributed by atoms with Crippen LogP contribution in [0.5, 0.6) is 0 Å². The lowest BCUT2D eigenvalue weighted by molar-refractivity contribution is 0.0990. The van der Waals surface area contributed by atoms with E-state index < -0.39 is 29.6 Å². The Morgan fingerprint density at radius 1 is 1.16 bits per heavy atom. The molecular weight excluding hydrogens is 494 g/mol. The van der Waals surface area contributed by atoms with Crippen molar-refractivity contribution in [3.8, 4) is 0 Å². The molecule has 4 rings (SSSR count). The maximum Gasteiger partial charge on any atom is 0.265 e. The first-order valence-corrected chi connectivity index (χ1v) is 11.9. The number of hydrogen-bond acceptors (Lipinski definition) is 6. The van der Waals surface area contributed by atoms with Gasteiger partial charge in [-0.1, -0.05) is 24.3 Å². The monoisotopic (exact) mass is 518 g/mol. The summed E-state index contributed by atoms with van der Waals surface area (Å²) in [5.74, 6) is 2.37. The summed E-state index contributed by atoms with van der Waals surface area (Å²) in [7, 11) is 0. The van der Waals surface area contributed by atoms with Gasteiger partial charge in [-0.15, -0.1) is 0 Å². The third-order valence-electron chi connectivity index (χ3n) is 6.64. The number of hydrogen-bond donors (Lipinski definition) is 3. The van der Waals surface area contributed by atoms with Crippen LogP contribution in [0, 0.1) is 17.6 Å². The second-order valence-electron chi connectivity index (χ2n) is 9.01. The summed E-state index contributed by atoms with van der Waals surface area (Å²) in [6.07, 6.45) is 2.04. The van der Waals surface area contributed by atoms with Gasteiger partial charge in [0, 0.05) is 29.4 Å². The molecule has 0 unspecified atom stereocenters. The largest absolute Gasteiger partial charge is 0.379 e. The van der Waals surface area contributed by atoms with Crippen LogP contribution in [0.1, 0.15) is 34.9 Å². The molecule has 1 saturated heterocycles. The summed E-state index contributed by atoms with van der Waals surface area (Å²) in [6, 6.07) is 10.2. The first-order valence-electron chi connectivity index (χ1n) is 11.9. The van der Waals surface area contributed by atoms with Gasteiger partial charge in [-0.25, -0.2) is 23.2 Å². The lowest BCUT2D eigenvalue weighted by atomic mass is 9.95. The number of rotatable bonds is 10. The molecule has 0 saturated carbocycles. The number of amides is 1. The van der Waals surface area contributed by atoms with Gasteiger partial charge in [0.05, 0.1) is 17.8 Å². The Hall–Kier alpha value is -4.74. The number of nitrogens with two attached hydrogens (primary N) is 1. The number of carbonyl (C=O) groups excluding carboxylic acids is 4. The van der Waals surface area contributed by atoms with Gasteiger partial charge in [0.25, 0.3) is 5.91 Å². The molecule has 10 heteroatoms. The van der Waals surface area contributed by atoms with E-state index in [4.69, 9.17) is 5.73 Å². The number of halogens is 2. The molecule has 0 radical (unpaired) electrons. The SMILES string of the molecule is NC(=O)c1cc2ccccc2n1[C@@H](Cc1ccc(F)c(F)c1)C(=C=O)N[C@H](C=C=O)C[C@@H]1CCNC1=C=O. The van der Waals surface area contributed by atoms with E-state index in [1.165, 1.54) is 12.1 Å². The molecule has 3 aromatic rings. The Labute approximate surface area is 216 Å². The van der Waals surface area contributed by atoms with Gasteiger partial charge >= 0.3 is 0 Å². The quantitative estimate of drug-likeness (QED) is 0.355. The van der Waals surface area contributed by atoms with Gasteiger partial charge in [-0.2, -0.15) is 0 Å². The van der Waals surface area contributed by atoms with Crippen molar-refractivity contribution in [2.24, 2.45) is 11.7 Å². The minimum Gasteiger partial charge on any atom is -0.379 e. The fourth-order valence-corrected chi connectivity index (χ4v) is 4.89. The molecule has 1 fully saturated rings. The van der Waals surface area contributed by atoms with Gasteiger partial charge < -0.3 is 20.9 Å². The van der Waals surface area contributed by atoms with Crippen molar-refractivity contribution in [2.45, 2.75) is 31.3 Å². The van der Waals surface area contributed by atoms with Crippen molar-refractivity contribution in [1.29, 1.82) is 0 Å². The van der Waals surface area contributed by atoms with Gasteiger partial charge in [0.15, 0.2) is 11.6 Å². The predicted octanol–water partition coefficient (Wildman–Crippen LogP) is 2.58. The number of carbonyl (C=O) groups is 1. The average Bonchev–Trinajstić information content (AvgIpc) is 3.52. The van der Waals surface area contributed by atoms with E-state index in [2.05, 4.69) is 10.6 Å². The standard InChI is InChI=1S/C28H24F2N4O4/c29-21-6-5-17(11-22(21)30)12-26(34-25-4-2-1-3-19(25)14-27(34)28(31)38)24(16-37)33-20(8-10-35)13-18-7-9-32-23(18)15-36/h1-6,8,11,14,18,20,26,32-33H,7,9,12-13H2,(H2,31,38)/t18-,20+,26-/m0/s1. The van der Waals surface area contributed by atoms with E-state index in [9.17, 15) is 28.0 Å². The van der Waals surface area contributed by atoms with E-state index in [-0.39, 0.29) is 30.2 Å². The molecule has 4 N–H and O–H groups in total. The van der Waals surface area contributed by atoms with E-state index >= 15 is 0 Å². The van der Waals surface area contributed by atoms with Crippen LogP contribution in [-0.4, -0.2) is 40.9 Å². The highest BCUT2D eigenvalue weighted by Gasteiger charge is 2.29. The lowest BCUT2D eigenvalue weighted by Crippen LogP contribution is -2.35.